The van der Waals surface area contributed by atoms with Gasteiger partial charge in [0.05, 0.1) is 7.11 Å². The lowest BCUT2D eigenvalue weighted by molar-refractivity contribution is -0.134. The molecule has 1 saturated heterocycles. The SMILES string of the molecule is COc1ccc(OCCN2CCN(C(=O)CC3CCCCC3)CC2)cc1. The number of hydrogen-bond donors (Lipinski definition) is 0. The van der Waals surface area contributed by atoms with Crippen molar-refractivity contribution >= 4 is 5.91 Å². The summed E-state index contributed by atoms with van der Waals surface area (Å²) in [5.41, 5.74) is 0. The normalized spacial score (nSPS) is 19.3. The summed E-state index contributed by atoms with van der Waals surface area (Å²) in [6.45, 7) is 5.17. The fourth-order valence-electron chi connectivity index (χ4n) is 3.95. The molecule has 0 unspecified atom stereocenters. The fraction of sp³-hybridized carbons (Fsp3) is 0.667. The van der Waals surface area contributed by atoms with Gasteiger partial charge in [-0.15, -0.1) is 0 Å². The Balaban J connectivity index is 1.32. The largest absolute Gasteiger partial charge is 0.497 e. The highest BCUT2D eigenvalue weighted by molar-refractivity contribution is 5.76. The zero-order chi connectivity index (χ0) is 18.2. The van der Waals surface area contributed by atoms with Crippen LogP contribution in [0.15, 0.2) is 24.3 Å². The monoisotopic (exact) mass is 360 g/mol. The zero-order valence-electron chi connectivity index (χ0n) is 16.0. The van der Waals surface area contributed by atoms with Gasteiger partial charge in [-0.2, -0.15) is 0 Å². The van der Waals surface area contributed by atoms with Gasteiger partial charge in [0.1, 0.15) is 18.1 Å². The van der Waals surface area contributed by atoms with Crippen molar-refractivity contribution in [2.24, 2.45) is 5.92 Å². The van der Waals surface area contributed by atoms with Gasteiger partial charge in [0, 0.05) is 39.1 Å². The topological polar surface area (TPSA) is 42.0 Å². The Morgan fingerprint density at radius 1 is 1.00 bits per heavy atom. The molecule has 1 heterocycles. The van der Waals surface area contributed by atoms with Crippen molar-refractivity contribution in [2.45, 2.75) is 38.5 Å². The van der Waals surface area contributed by atoms with Crippen molar-refractivity contribution in [1.82, 2.24) is 9.80 Å². The lowest BCUT2D eigenvalue weighted by Crippen LogP contribution is -2.49. The fourth-order valence-corrected chi connectivity index (χ4v) is 3.95. The molecule has 2 fully saturated rings. The van der Waals surface area contributed by atoms with E-state index in [2.05, 4.69) is 9.80 Å². The number of carbonyl (C=O) groups is 1. The third-order valence-corrected chi connectivity index (χ3v) is 5.65. The van der Waals surface area contributed by atoms with E-state index in [1.165, 1.54) is 32.1 Å². The van der Waals surface area contributed by atoms with Crippen LogP contribution in [0.25, 0.3) is 0 Å². The van der Waals surface area contributed by atoms with E-state index in [-0.39, 0.29) is 0 Å². The minimum atomic E-state index is 0.367. The molecule has 5 nitrogen and oxygen atoms in total. The smallest absolute Gasteiger partial charge is 0.222 e. The molecular formula is C21H32N2O3. The maximum absolute atomic E-state index is 12.5. The van der Waals surface area contributed by atoms with E-state index in [1.807, 2.05) is 24.3 Å². The highest BCUT2D eigenvalue weighted by atomic mass is 16.5. The minimum Gasteiger partial charge on any atom is -0.497 e. The van der Waals surface area contributed by atoms with Gasteiger partial charge in [0.2, 0.25) is 5.91 Å². The molecule has 1 aromatic carbocycles. The Morgan fingerprint density at radius 2 is 1.65 bits per heavy atom. The van der Waals surface area contributed by atoms with Crippen LogP contribution in [0.4, 0.5) is 0 Å². The van der Waals surface area contributed by atoms with Crippen LogP contribution in [0, 0.1) is 5.92 Å². The number of methoxy groups -OCH3 is 1. The Labute approximate surface area is 157 Å². The van der Waals surface area contributed by atoms with Crippen molar-refractivity contribution in [3.05, 3.63) is 24.3 Å². The second-order valence-corrected chi connectivity index (χ2v) is 7.45. The van der Waals surface area contributed by atoms with Gasteiger partial charge in [-0.1, -0.05) is 19.3 Å². The first-order valence-corrected chi connectivity index (χ1v) is 10.0. The van der Waals surface area contributed by atoms with Crippen LogP contribution in [-0.2, 0) is 4.79 Å². The van der Waals surface area contributed by atoms with E-state index >= 15 is 0 Å². The molecule has 1 aliphatic carbocycles. The van der Waals surface area contributed by atoms with Crippen LogP contribution in [0.3, 0.4) is 0 Å². The number of rotatable bonds is 7. The maximum Gasteiger partial charge on any atom is 0.222 e. The molecular weight excluding hydrogens is 328 g/mol. The Morgan fingerprint density at radius 3 is 2.31 bits per heavy atom. The van der Waals surface area contributed by atoms with Gasteiger partial charge in [0.25, 0.3) is 0 Å². The molecule has 1 amide bonds. The van der Waals surface area contributed by atoms with Crippen LogP contribution in [0.1, 0.15) is 38.5 Å². The molecule has 3 rings (SSSR count). The second-order valence-electron chi connectivity index (χ2n) is 7.45. The number of piperazine rings is 1. The molecule has 2 aliphatic rings. The summed E-state index contributed by atoms with van der Waals surface area (Å²) in [4.78, 5) is 16.9. The lowest BCUT2D eigenvalue weighted by atomic mass is 9.86. The van der Waals surface area contributed by atoms with Crippen molar-refractivity contribution < 1.29 is 14.3 Å². The molecule has 0 radical (unpaired) electrons. The van der Waals surface area contributed by atoms with Gasteiger partial charge in [-0.05, 0) is 43.0 Å². The summed E-state index contributed by atoms with van der Waals surface area (Å²) < 4.78 is 11.0. The first-order chi connectivity index (χ1) is 12.7. The Bertz CT molecular complexity index is 547. The number of nitrogens with zero attached hydrogens (tertiary/aromatic N) is 2. The summed E-state index contributed by atoms with van der Waals surface area (Å²) >= 11 is 0. The van der Waals surface area contributed by atoms with Gasteiger partial charge < -0.3 is 14.4 Å². The van der Waals surface area contributed by atoms with Crippen LogP contribution in [-0.4, -0.2) is 62.1 Å². The van der Waals surface area contributed by atoms with E-state index in [0.29, 0.717) is 18.4 Å². The molecule has 1 saturated carbocycles. The van der Waals surface area contributed by atoms with Gasteiger partial charge in [-0.3, -0.25) is 9.69 Å². The highest BCUT2D eigenvalue weighted by Crippen LogP contribution is 2.27. The quantitative estimate of drug-likeness (QED) is 0.749. The predicted molar refractivity (Wildman–Crippen MR) is 103 cm³/mol. The van der Waals surface area contributed by atoms with E-state index in [9.17, 15) is 4.79 Å². The van der Waals surface area contributed by atoms with Crippen LogP contribution in [0.2, 0.25) is 0 Å². The van der Waals surface area contributed by atoms with Gasteiger partial charge in [0.15, 0.2) is 0 Å². The third-order valence-electron chi connectivity index (χ3n) is 5.65. The van der Waals surface area contributed by atoms with Crippen molar-refractivity contribution in [3.8, 4) is 11.5 Å². The molecule has 1 aromatic rings. The second kappa shape index (κ2) is 9.81. The lowest BCUT2D eigenvalue weighted by Gasteiger charge is -2.35. The van der Waals surface area contributed by atoms with Crippen molar-refractivity contribution in [3.63, 3.8) is 0 Å². The molecule has 1 aliphatic heterocycles. The average molecular weight is 360 g/mol. The molecule has 144 valence electrons. The Kier molecular flexibility index (Phi) is 7.18. The van der Waals surface area contributed by atoms with Crippen LogP contribution in [0.5, 0.6) is 11.5 Å². The van der Waals surface area contributed by atoms with E-state index in [4.69, 9.17) is 9.47 Å². The first-order valence-electron chi connectivity index (χ1n) is 10.0. The molecule has 26 heavy (non-hydrogen) atoms. The summed E-state index contributed by atoms with van der Waals surface area (Å²) in [6, 6.07) is 7.68. The standard InChI is InChI=1S/C21H32N2O3/c1-25-19-7-9-20(10-8-19)26-16-15-22-11-13-23(14-12-22)21(24)17-18-5-3-2-4-6-18/h7-10,18H,2-6,11-17H2,1H3. The highest BCUT2D eigenvalue weighted by Gasteiger charge is 2.24. The number of ether oxygens (including phenoxy) is 2. The average Bonchev–Trinajstić information content (AvgIpc) is 2.70. The molecule has 0 spiro atoms. The number of hydrogen-bond acceptors (Lipinski definition) is 4. The maximum atomic E-state index is 12.5. The van der Waals surface area contributed by atoms with Gasteiger partial charge >= 0.3 is 0 Å². The zero-order valence-corrected chi connectivity index (χ0v) is 16.0. The summed E-state index contributed by atoms with van der Waals surface area (Å²) in [5, 5.41) is 0. The molecule has 0 bridgehead atoms. The van der Waals surface area contributed by atoms with Crippen molar-refractivity contribution in [2.75, 3.05) is 46.4 Å². The Hall–Kier alpha value is -1.75. The van der Waals surface area contributed by atoms with E-state index in [0.717, 1.165) is 50.6 Å². The predicted octanol–water partition coefficient (Wildman–Crippen LogP) is 3.19. The number of carbonyl (C=O) groups excluding carboxylic acids is 1. The van der Waals surface area contributed by atoms with Crippen molar-refractivity contribution in [1.29, 1.82) is 0 Å². The number of benzene rings is 1. The van der Waals surface area contributed by atoms with E-state index < -0.39 is 0 Å². The number of amides is 1. The molecule has 0 aromatic heterocycles. The third kappa shape index (κ3) is 5.63. The molecule has 5 heteroatoms. The van der Waals surface area contributed by atoms with E-state index in [1.54, 1.807) is 7.11 Å². The minimum absolute atomic E-state index is 0.367. The van der Waals surface area contributed by atoms with Crippen LogP contribution < -0.4 is 9.47 Å². The van der Waals surface area contributed by atoms with Gasteiger partial charge in [-0.25, -0.2) is 0 Å². The molecule has 0 atom stereocenters. The molecule has 0 N–H and O–H groups in total. The van der Waals surface area contributed by atoms with Crippen LogP contribution >= 0.6 is 0 Å². The summed E-state index contributed by atoms with van der Waals surface area (Å²) in [5.74, 6) is 2.71. The first kappa shape index (κ1) is 19.0. The summed E-state index contributed by atoms with van der Waals surface area (Å²) in [7, 11) is 1.66. The summed E-state index contributed by atoms with van der Waals surface area (Å²) in [6.07, 6.45) is 7.21.